The second-order valence-corrected chi connectivity index (χ2v) is 5.09. The Balaban J connectivity index is 0.00000162. The van der Waals surface area contributed by atoms with Gasteiger partial charge in [-0.25, -0.2) is 0 Å². The molecule has 3 nitrogen and oxygen atoms in total. The molecule has 0 bridgehead atoms. The van der Waals surface area contributed by atoms with E-state index < -0.39 is 0 Å². The van der Waals surface area contributed by atoms with Gasteiger partial charge in [-0.2, -0.15) is 0 Å². The number of hydrogen-bond donors (Lipinski definition) is 0. The molecule has 0 N–H and O–H groups in total. The molecule has 0 radical (unpaired) electrons. The first-order valence-corrected chi connectivity index (χ1v) is 6.04. The Hall–Kier alpha value is -0.770. The van der Waals surface area contributed by atoms with Crippen LogP contribution in [-0.2, 0) is 10.3 Å². The fraction of sp³-hybridized carbons (Fsp3) is 0.571. The van der Waals surface area contributed by atoms with E-state index in [1.807, 2.05) is 12.1 Å². The second kappa shape index (κ2) is 5.91. The van der Waals surface area contributed by atoms with Crippen molar-refractivity contribution in [3.8, 4) is 5.75 Å². The summed E-state index contributed by atoms with van der Waals surface area (Å²) in [4.78, 5) is 2.31. The molecule has 2 atom stereocenters. The molecule has 1 saturated heterocycles. The van der Waals surface area contributed by atoms with Gasteiger partial charge in [-0.15, -0.1) is 12.4 Å². The number of nitrogens with zero attached hydrogens (tertiary/aromatic N) is 1. The van der Waals surface area contributed by atoms with Gasteiger partial charge < -0.3 is 14.4 Å². The van der Waals surface area contributed by atoms with E-state index in [4.69, 9.17) is 9.47 Å². The van der Waals surface area contributed by atoms with Crippen LogP contribution in [0.4, 0.5) is 0 Å². The van der Waals surface area contributed by atoms with E-state index in [1.165, 1.54) is 5.56 Å². The molecule has 0 aliphatic carbocycles. The fourth-order valence-corrected chi connectivity index (χ4v) is 2.65. The first kappa shape index (κ1) is 15.3. The third kappa shape index (κ3) is 3.16. The van der Waals surface area contributed by atoms with E-state index >= 15 is 0 Å². The maximum absolute atomic E-state index is 6.13. The van der Waals surface area contributed by atoms with Crippen molar-refractivity contribution in [2.75, 3.05) is 27.2 Å². The number of ether oxygens (including phenoxy) is 2. The highest BCUT2D eigenvalue weighted by Gasteiger charge is 2.35. The molecule has 0 aromatic heterocycles. The smallest absolute Gasteiger partial charge is 0.119 e. The molecule has 102 valence electrons. The third-order valence-corrected chi connectivity index (χ3v) is 3.28. The Kier molecular flexibility index (Phi) is 5.02. The standard InChI is InChI=1S/C14H21NO2.ClH/c1-11-9-15(3)10-14(2,17-11)12-6-5-7-13(8-12)16-4;/h5-8,11H,9-10H2,1-4H3;1H. The van der Waals surface area contributed by atoms with Gasteiger partial charge in [0, 0.05) is 13.1 Å². The molecule has 2 unspecified atom stereocenters. The van der Waals surface area contributed by atoms with Crippen LogP contribution in [-0.4, -0.2) is 38.3 Å². The lowest BCUT2D eigenvalue weighted by molar-refractivity contribution is -0.138. The monoisotopic (exact) mass is 271 g/mol. The van der Waals surface area contributed by atoms with Gasteiger partial charge in [0.1, 0.15) is 11.4 Å². The molecule has 0 spiro atoms. The van der Waals surface area contributed by atoms with Gasteiger partial charge in [0.2, 0.25) is 0 Å². The quantitative estimate of drug-likeness (QED) is 0.826. The molecular weight excluding hydrogens is 250 g/mol. The lowest BCUT2D eigenvalue weighted by Gasteiger charge is -2.42. The molecule has 1 aliphatic heterocycles. The maximum Gasteiger partial charge on any atom is 0.119 e. The number of methoxy groups -OCH3 is 1. The van der Waals surface area contributed by atoms with Gasteiger partial charge in [-0.05, 0) is 38.6 Å². The van der Waals surface area contributed by atoms with Crippen LogP contribution in [0.25, 0.3) is 0 Å². The zero-order valence-corrected chi connectivity index (χ0v) is 12.3. The zero-order chi connectivity index (χ0) is 12.5. The minimum Gasteiger partial charge on any atom is -0.497 e. The topological polar surface area (TPSA) is 21.7 Å². The van der Waals surface area contributed by atoms with Crippen molar-refractivity contribution in [2.45, 2.75) is 25.6 Å². The number of rotatable bonds is 2. The second-order valence-electron chi connectivity index (χ2n) is 5.09. The average Bonchev–Trinajstić information content (AvgIpc) is 2.27. The van der Waals surface area contributed by atoms with Gasteiger partial charge in [0.15, 0.2) is 0 Å². The summed E-state index contributed by atoms with van der Waals surface area (Å²) in [5.74, 6) is 0.883. The normalized spacial score (nSPS) is 28.6. The van der Waals surface area contributed by atoms with Crippen molar-refractivity contribution in [3.63, 3.8) is 0 Å². The number of likely N-dealkylation sites (N-methyl/N-ethyl adjacent to an activating group) is 1. The lowest BCUT2D eigenvalue weighted by Crippen LogP contribution is -2.50. The molecule has 1 heterocycles. The SMILES string of the molecule is COc1cccc(C2(C)CN(C)CC(C)O2)c1.Cl. The van der Waals surface area contributed by atoms with Crippen LogP contribution in [0.1, 0.15) is 19.4 Å². The van der Waals surface area contributed by atoms with Crippen molar-refractivity contribution in [1.29, 1.82) is 0 Å². The number of halogens is 1. The van der Waals surface area contributed by atoms with E-state index in [0.717, 1.165) is 18.8 Å². The largest absolute Gasteiger partial charge is 0.497 e. The van der Waals surface area contributed by atoms with Crippen LogP contribution < -0.4 is 4.74 Å². The molecule has 0 saturated carbocycles. The van der Waals surface area contributed by atoms with E-state index in [-0.39, 0.29) is 24.1 Å². The highest BCUT2D eigenvalue weighted by molar-refractivity contribution is 5.85. The molecule has 2 rings (SSSR count). The minimum atomic E-state index is -0.249. The van der Waals surface area contributed by atoms with Crippen LogP contribution in [0.2, 0.25) is 0 Å². The maximum atomic E-state index is 6.13. The van der Waals surface area contributed by atoms with Crippen molar-refractivity contribution < 1.29 is 9.47 Å². The lowest BCUT2D eigenvalue weighted by atomic mass is 9.93. The molecule has 0 amide bonds. The van der Waals surface area contributed by atoms with E-state index in [9.17, 15) is 0 Å². The molecule has 1 aromatic carbocycles. The van der Waals surface area contributed by atoms with Crippen LogP contribution in [0.3, 0.4) is 0 Å². The number of morpholine rings is 1. The minimum absolute atomic E-state index is 0. The van der Waals surface area contributed by atoms with E-state index in [0.29, 0.717) is 0 Å². The Bertz CT molecular complexity index is 387. The number of hydrogen-bond acceptors (Lipinski definition) is 3. The van der Waals surface area contributed by atoms with E-state index in [2.05, 4.69) is 37.9 Å². The Morgan fingerprint density at radius 3 is 2.78 bits per heavy atom. The van der Waals surface area contributed by atoms with Crippen molar-refractivity contribution in [1.82, 2.24) is 4.90 Å². The fourth-order valence-electron chi connectivity index (χ4n) is 2.65. The molecule has 1 aliphatic rings. The Morgan fingerprint density at radius 1 is 1.44 bits per heavy atom. The molecule has 1 aromatic rings. The van der Waals surface area contributed by atoms with E-state index in [1.54, 1.807) is 7.11 Å². The predicted octanol–water partition coefficient (Wildman–Crippen LogP) is 2.68. The summed E-state index contributed by atoms with van der Waals surface area (Å²) in [6, 6.07) is 8.14. The zero-order valence-electron chi connectivity index (χ0n) is 11.5. The van der Waals surface area contributed by atoms with Gasteiger partial charge in [0.25, 0.3) is 0 Å². The summed E-state index contributed by atoms with van der Waals surface area (Å²) in [6.07, 6.45) is 0.255. The summed E-state index contributed by atoms with van der Waals surface area (Å²) in [7, 11) is 3.83. The Morgan fingerprint density at radius 2 is 2.17 bits per heavy atom. The first-order chi connectivity index (χ1) is 8.03. The molecule has 4 heteroatoms. The molecule has 18 heavy (non-hydrogen) atoms. The highest BCUT2D eigenvalue weighted by Crippen LogP contribution is 2.32. The van der Waals surface area contributed by atoms with Gasteiger partial charge in [-0.1, -0.05) is 12.1 Å². The summed E-state index contributed by atoms with van der Waals surface area (Å²) in [5, 5.41) is 0. The van der Waals surface area contributed by atoms with Gasteiger partial charge >= 0.3 is 0 Å². The molecule has 1 fully saturated rings. The van der Waals surface area contributed by atoms with Gasteiger partial charge in [0.05, 0.1) is 13.2 Å². The summed E-state index contributed by atoms with van der Waals surface area (Å²) in [5.41, 5.74) is 0.927. The van der Waals surface area contributed by atoms with Gasteiger partial charge in [-0.3, -0.25) is 0 Å². The van der Waals surface area contributed by atoms with Crippen molar-refractivity contribution >= 4 is 12.4 Å². The van der Waals surface area contributed by atoms with Crippen molar-refractivity contribution in [3.05, 3.63) is 29.8 Å². The van der Waals surface area contributed by atoms with Crippen LogP contribution in [0.15, 0.2) is 24.3 Å². The first-order valence-electron chi connectivity index (χ1n) is 6.04. The number of benzene rings is 1. The Labute approximate surface area is 115 Å². The average molecular weight is 272 g/mol. The molecular formula is C14H22ClNO2. The summed E-state index contributed by atoms with van der Waals surface area (Å²) >= 11 is 0. The summed E-state index contributed by atoms with van der Waals surface area (Å²) in [6.45, 7) is 6.16. The third-order valence-electron chi connectivity index (χ3n) is 3.28. The van der Waals surface area contributed by atoms with Crippen LogP contribution in [0.5, 0.6) is 5.75 Å². The highest BCUT2D eigenvalue weighted by atomic mass is 35.5. The summed E-state index contributed by atoms with van der Waals surface area (Å²) < 4.78 is 11.4. The van der Waals surface area contributed by atoms with Crippen molar-refractivity contribution in [2.24, 2.45) is 0 Å². The van der Waals surface area contributed by atoms with Crippen LogP contribution in [0, 0.1) is 0 Å². The predicted molar refractivity (Wildman–Crippen MR) is 75.6 cm³/mol. The van der Waals surface area contributed by atoms with Crippen LogP contribution >= 0.6 is 12.4 Å².